The van der Waals surface area contributed by atoms with Gasteiger partial charge in [0.25, 0.3) is 5.91 Å². The molecule has 0 aliphatic carbocycles. The number of carbonyl (C=O) groups excluding carboxylic acids is 1. The van der Waals surface area contributed by atoms with Crippen molar-refractivity contribution in [1.82, 2.24) is 19.3 Å². The van der Waals surface area contributed by atoms with Crippen molar-refractivity contribution in [2.24, 2.45) is 0 Å². The summed E-state index contributed by atoms with van der Waals surface area (Å²) in [6, 6.07) is 24.0. The van der Waals surface area contributed by atoms with Gasteiger partial charge < -0.3 is 14.8 Å². The molecule has 2 aromatic heterocycles. The summed E-state index contributed by atoms with van der Waals surface area (Å²) in [6.07, 6.45) is 0. The second-order valence-electron chi connectivity index (χ2n) is 8.06. The van der Waals surface area contributed by atoms with Crippen LogP contribution in [0.25, 0.3) is 27.6 Å². The summed E-state index contributed by atoms with van der Waals surface area (Å²) < 4.78 is 2.53. The number of hydrogen-bond acceptors (Lipinski definition) is 4. The Labute approximate surface area is 189 Å². The second kappa shape index (κ2) is 7.46. The molecule has 32 heavy (non-hydrogen) atoms. The summed E-state index contributed by atoms with van der Waals surface area (Å²) >= 11 is 5.62. The molecule has 7 heteroatoms. The second-order valence-corrected chi connectivity index (χ2v) is 8.45. The van der Waals surface area contributed by atoms with Crippen molar-refractivity contribution in [3.05, 3.63) is 83.1 Å². The Kier molecular flexibility index (Phi) is 4.43. The number of imidazole rings is 1. The van der Waals surface area contributed by atoms with E-state index in [0.717, 1.165) is 40.7 Å². The van der Waals surface area contributed by atoms with E-state index in [0.29, 0.717) is 23.4 Å². The molecule has 0 atom stereocenters. The number of carbonyl (C=O) groups is 1. The lowest BCUT2D eigenvalue weighted by atomic mass is 10.1. The molecule has 3 aromatic carbocycles. The number of fused-ring (bicyclic) bond motifs is 5. The number of anilines is 1. The lowest BCUT2D eigenvalue weighted by Gasteiger charge is -2.36. The van der Waals surface area contributed by atoms with Crippen molar-refractivity contribution < 1.29 is 4.79 Å². The first-order chi connectivity index (χ1) is 15.7. The average Bonchev–Trinajstić information content (AvgIpc) is 3.24. The number of nitrogens with one attached hydrogen (secondary N) is 1. The van der Waals surface area contributed by atoms with E-state index >= 15 is 0 Å². The van der Waals surface area contributed by atoms with Crippen molar-refractivity contribution >= 4 is 51.4 Å². The zero-order valence-corrected chi connectivity index (χ0v) is 18.2. The fourth-order valence-electron chi connectivity index (χ4n) is 4.55. The molecule has 5 aromatic rings. The molecule has 0 bridgehead atoms. The maximum Gasteiger partial charge on any atom is 0.254 e. The Morgan fingerprint density at radius 3 is 2.47 bits per heavy atom. The summed E-state index contributed by atoms with van der Waals surface area (Å²) in [5.74, 6) is 0.0484. The number of nitrogens with zero attached hydrogens (tertiary/aromatic N) is 4. The third kappa shape index (κ3) is 3.05. The molecule has 1 fully saturated rings. The summed E-state index contributed by atoms with van der Waals surface area (Å²) in [5.41, 5.74) is 5.37. The highest BCUT2D eigenvalue weighted by atomic mass is 32.1. The number of rotatable bonds is 2. The van der Waals surface area contributed by atoms with Gasteiger partial charge in [-0.15, -0.1) is 0 Å². The lowest BCUT2D eigenvalue weighted by molar-refractivity contribution is 0.0747. The van der Waals surface area contributed by atoms with Gasteiger partial charge in [-0.05, 0) is 54.7 Å². The minimum absolute atomic E-state index is 0.0484. The van der Waals surface area contributed by atoms with E-state index < -0.39 is 0 Å². The highest BCUT2D eigenvalue weighted by molar-refractivity contribution is 7.71. The first-order valence-corrected chi connectivity index (χ1v) is 11.1. The fraction of sp³-hybridized carbons (Fsp3) is 0.160. The summed E-state index contributed by atoms with van der Waals surface area (Å²) in [5, 5.41) is 0.945. The number of H-pyrrole nitrogens is 1. The molecular weight excluding hydrogens is 418 g/mol. The zero-order valence-electron chi connectivity index (χ0n) is 17.4. The monoisotopic (exact) mass is 439 g/mol. The maximum absolute atomic E-state index is 13.2. The molecule has 0 saturated carbocycles. The molecule has 0 unspecified atom stereocenters. The van der Waals surface area contributed by atoms with Crippen molar-refractivity contribution in [3.63, 3.8) is 0 Å². The van der Waals surface area contributed by atoms with Gasteiger partial charge in [-0.25, -0.2) is 4.98 Å². The number of benzene rings is 3. The number of amides is 1. The van der Waals surface area contributed by atoms with Crippen LogP contribution in [0.3, 0.4) is 0 Å². The molecule has 6 nitrogen and oxygen atoms in total. The average molecular weight is 440 g/mol. The third-order valence-electron chi connectivity index (χ3n) is 6.20. The van der Waals surface area contributed by atoms with Crippen molar-refractivity contribution in [2.45, 2.75) is 0 Å². The Bertz CT molecular complexity index is 1530. The van der Waals surface area contributed by atoms with E-state index in [1.807, 2.05) is 70.0 Å². The van der Waals surface area contributed by atoms with Crippen molar-refractivity contribution in [2.75, 3.05) is 31.1 Å². The molecule has 0 radical (unpaired) electrons. The van der Waals surface area contributed by atoms with E-state index in [-0.39, 0.29) is 5.91 Å². The number of hydrogen-bond donors (Lipinski definition) is 1. The van der Waals surface area contributed by atoms with Crippen LogP contribution in [0.15, 0.2) is 72.8 Å². The van der Waals surface area contributed by atoms with E-state index in [9.17, 15) is 4.79 Å². The predicted molar refractivity (Wildman–Crippen MR) is 130 cm³/mol. The SMILES string of the molecule is O=C(c1ccc2c(c1)[nH]c(=S)n1c3ccccc3nc21)N1CCN(c2ccccc2)CC1. The molecule has 1 amide bonds. The molecule has 1 aliphatic heterocycles. The van der Waals surface area contributed by atoms with Gasteiger partial charge in [0.1, 0.15) is 5.65 Å². The Morgan fingerprint density at radius 1 is 0.906 bits per heavy atom. The minimum Gasteiger partial charge on any atom is -0.368 e. The fourth-order valence-corrected chi connectivity index (χ4v) is 4.84. The van der Waals surface area contributed by atoms with Crippen LogP contribution in [0.4, 0.5) is 5.69 Å². The van der Waals surface area contributed by atoms with Crippen molar-refractivity contribution in [1.29, 1.82) is 0 Å². The van der Waals surface area contributed by atoms with Crippen LogP contribution < -0.4 is 4.90 Å². The standard InChI is InChI=1S/C25H21N5OS/c31-24(29-14-12-28(13-15-29)18-6-2-1-3-7-18)17-10-11-19-21(16-17)27-25(32)30-22-9-5-4-8-20(22)26-23(19)30/h1-11,16H,12-15H2,(H,27,32). The van der Waals surface area contributed by atoms with Crippen molar-refractivity contribution in [3.8, 4) is 0 Å². The molecule has 0 spiro atoms. The lowest BCUT2D eigenvalue weighted by Crippen LogP contribution is -2.48. The van der Waals surface area contributed by atoms with E-state index in [4.69, 9.17) is 17.2 Å². The summed E-state index contributed by atoms with van der Waals surface area (Å²) in [4.78, 5) is 25.5. The van der Waals surface area contributed by atoms with Crippen LogP contribution in [0.2, 0.25) is 0 Å². The first kappa shape index (κ1) is 19.0. The van der Waals surface area contributed by atoms with Crippen LogP contribution in [-0.2, 0) is 0 Å². The zero-order chi connectivity index (χ0) is 21.7. The van der Waals surface area contributed by atoms with Gasteiger partial charge >= 0.3 is 0 Å². The highest BCUT2D eigenvalue weighted by Gasteiger charge is 2.23. The van der Waals surface area contributed by atoms with E-state index in [1.165, 1.54) is 5.69 Å². The van der Waals surface area contributed by atoms with Crippen LogP contribution in [0.5, 0.6) is 0 Å². The van der Waals surface area contributed by atoms with Gasteiger partial charge in [0.2, 0.25) is 0 Å². The number of aromatic amines is 1. The Hall–Kier alpha value is -3.71. The Balaban J connectivity index is 1.31. The third-order valence-corrected chi connectivity index (χ3v) is 6.49. The molecule has 1 saturated heterocycles. The van der Waals surface area contributed by atoms with Gasteiger partial charge in [0.05, 0.1) is 16.6 Å². The Morgan fingerprint density at radius 2 is 1.66 bits per heavy atom. The first-order valence-electron chi connectivity index (χ1n) is 10.7. The smallest absolute Gasteiger partial charge is 0.254 e. The van der Waals surface area contributed by atoms with E-state index in [1.54, 1.807) is 0 Å². The van der Waals surface area contributed by atoms with Crippen LogP contribution >= 0.6 is 12.2 Å². The topological polar surface area (TPSA) is 56.6 Å². The van der Waals surface area contributed by atoms with Gasteiger partial charge in [0, 0.05) is 42.8 Å². The quantitative estimate of drug-likeness (QED) is 0.407. The summed E-state index contributed by atoms with van der Waals surface area (Å²) in [6.45, 7) is 3.05. The normalized spacial score (nSPS) is 14.5. The summed E-state index contributed by atoms with van der Waals surface area (Å²) in [7, 11) is 0. The van der Waals surface area contributed by atoms with Crippen LogP contribution in [0, 0.1) is 4.77 Å². The largest absolute Gasteiger partial charge is 0.368 e. The number of piperazine rings is 1. The molecule has 6 rings (SSSR count). The minimum atomic E-state index is 0.0484. The predicted octanol–water partition coefficient (Wildman–Crippen LogP) is 4.66. The van der Waals surface area contributed by atoms with Gasteiger partial charge in [-0.2, -0.15) is 0 Å². The van der Waals surface area contributed by atoms with Crippen LogP contribution in [0.1, 0.15) is 10.4 Å². The molecule has 158 valence electrons. The maximum atomic E-state index is 13.2. The number of aromatic nitrogens is 3. The number of para-hydroxylation sites is 3. The molecule has 1 N–H and O–H groups in total. The highest BCUT2D eigenvalue weighted by Crippen LogP contribution is 2.25. The van der Waals surface area contributed by atoms with Gasteiger partial charge in [-0.3, -0.25) is 9.20 Å². The molecule has 1 aliphatic rings. The van der Waals surface area contributed by atoms with Gasteiger partial charge in [-0.1, -0.05) is 30.3 Å². The molecule has 3 heterocycles. The van der Waals surface area contributed by atoms with Gasteiger partial charge in [0.15, 0.2) is 4.77 Å². The van der Waals surface area contributed by atoms with E-state index in [2.05, 4.69) is 22.0 Å². The van der Waals surface area contributed by atoms with Crippen LogP contribution in [-0.4, -0.2) is 51.4 Å². The molecular formula is C25H21N5OS.